The molecule has 0 fully saturated rings. The van der Waals surface area contributed by atoms with Crippen molar-refractivity contribution in [3.05, 3.63) is 65.4 Å². The molecule has 3 rings (SSSR count). The van der Waals surface area contributed by atoms with Crippen LogP contribution in [0.25, 0.3) is 5.52 Å². The fourth-order valence-electron chi connectivity index (χ4n) is 3.40. The highest BCUT2D eigenvalue weighted by Gasteiger charge is 2.41. The molecule has 34 heavy (non-hydrogen) atoms. The van der Waals surface area contributed by atoms with Crippen LogP contribution < -0.4 is 4.74 Å². The van der Waals surface area contributed by atoms with Crippen molar-refractivity contribution in [3.63, 3.8) is 0 Å². The third-order valence-corrected chi connectivity index (χ3v) is 5.03. The zero-order valence-electron chi connectivity index (χ0n) is 17.7. The Kier molecular flexibility index (Phi) is 7.20. The monoisotopic (exact) mass is 480 g/mol. The molecule has 1 aromatic carbocycles. The molecule has 2 aromatic heterocycles. The number of ketones is 1. The summed E-state index contributed by atoms with van der Waals surface area (Å²) in [4.78, 5) is 36.7. The van der Waals surface area contributed by atoms with E-state index in [-0.39, 0.29) is 23.6 Å². The van der Waals surface area contributed by atoms with Crippen molar-refractivity contribution in [3.8, 4) is 5.88 Å². The number of rotatable bonds is 10. The van der Waals surface area contributed by atoms with Gasteiger partial charge in [-0.25, -0.2) is 0 Å². The standard InChI is InChI=1S/C22H19F3N2O7/c1-33-17-8-7-13(15-9-16(22(23,24)25)26-27(15)17)19(28)14(18(20(29)30)21(31)32)11-34-10-12-5-3-2-4-6-12/h2-9,14,18H,10-11H2,1H3,(H,29,30)(H,31,32). The Morgan fingerprint density at radius 2 is 1.71 bits per heavy atom. The summed E-state index contributed by atoms with van der Waals surface area (Å²) in [7, 11) is 1.19. The third-order valence-electron chi connectivity index (χ3n) is 5.03. The lowest BCUT2D eigenvalue weighted by molar-refractivity contribution is -0.157. The topological polar surface area (TPSA) is 127 Å². The SMILES string of the molecule is COc1ccc(C(=O)C(COCc2ccccc2)C(C(=O)O)C(=O)O)c2cc(C(F)(F)F)nn12. The molecule has 0 bridgehead atoms. The van der Waals surface area contributed by atoms with Gasteiger partial charge in [-0.3, -0.25) is 14.4 Å². The van der Waals surface area contributed by atoms with E-state index < -0.39 is 48.0 Å². The van der Waals surface area contributed by atoms with Gasteiger partial charge in [0.05, 0.1) is 31.8 Å². The van der Waals surface area contributed by atoms with E-state index in [0.29, 0.717) is 11.6 Å². The van der Waals surface area contributed by atoms with Gasteiger partial charge < -0.3 is 19.7 Å². The number of hydrogen-bond acceptors (Lipinski definition) is 6. The number of carboxylic acid groups (broad SMARTS) is 2. The van der Waals surface area contributed by atoms with Gasteiger partial charge in [0.25, 0.3) is 0 Å². The summed E-state index contributed by atoms with van der Waals surface area (Å²) in [5.74, 6) is -8.65. The van der Waals surface area contributed by atoms with Crippen molar-refractivity contribution in [2.75, 3.05) is 13.7 Å². The van der Waals surface area contributed by atoms with Crippen molar-refractivity contribution in [1.82, 2.24) is 9.61 Å². The minimum Gasteiger partial charge on any atom is -0.481 e. The fraction of sp³-hybridized carbons (Fsp3) is 0.273. The van der Waals surface area contributed by atoms with Crippen molar-refractivity contribution in [2.45, 2.75) is 12.8 Å². The predicted octanol–water partition coefficient (Wildman–Crippen LogP) is 3.16. The second-order valence-electron chi connectivity index (χ2n) is 7.24. The van der Waals surface area contributed by atoms with Gasteiger partial charge in [-0.1, -0.05) is 30.3 Å². The molecule has 0 amide bonds. The Hall–Kier alpha value is -3.93. The molecule has 9 nitrogen and oxygen atoms in total. The summed E-state index contributed by atoms with van der Waals surface area (Å²) >= 11 is 0. The maximum atomic E-state index is 13.3. The van der Waals surface area contributed by atoms with Crippen molar-refractivity contribution in [2.24, 2.45) is 11.8 Å². The minimum absolute atomic E-state index is 0.0422. The van der Waals surface area contributed by atoms with Crippen LogP contribution in [0.5, 0.6) is 5.88 Å². The molecular formula is C22H19F3N2O7. The smallest absolute Gasteiger partial charge is 0.435 e. The van der Waals surface area contributed by atoms with Gasteiger partial charge in [0.1, 0.15) is 0 Å². The number of carbonyl (C=O) groups is 3. The molecule has 0 saturated heterocycles. The molecule has 12 heteroatoms. The highest BCUT2D eigenvalue weighted by Crippen LogP contribution is 2.32. The van der Waals surface area contributed by atoms with Gasteiger partial charge in [-0.15, -0.1) is 0 Å². The van der Waals surface area contributed by atoms with Crippen LogP contribution in [0.3, 0.4) is 0 Å². The molecule has 0 radical (unpaired) electrons. The number of alkyl halides is 3. The number of aromatic nitrogens is 2. The van der Waals surface area contributed by atoms with Crippen LogP contribution in [0.2, 0.25) is 0 Å². The largest absolute Gasteiger partial charge is 0.481 e. The van der Waals surface area contributed by atoms with Gasteiger partial charge in [0.2, 0.25) is 5.88 Å². The molecule has 0 spiro atoms. The number of nitrogens with zero attached hydrogens (tertiary/aromatic N) is 2. The number of aliphatic carboxylic acids is 2. The summed E-state index contributed by atoms with van der Waals surface area (Å²) in [5, 5.41) is 22.3. The first kappa shape index (κ1) is 24.7. The Labute approximate surface area is 190 Å². The van der Waals surface area contributed by atoms with Gasteiger partial charge in [0.15, 0.2) is 17.4 Å². The molecule has 0 aliphatic heterocycles. The molecule has 0 aliphatic rings. The molecule has 2 heterocycles. The van der Waals surface area contributed by atoms with E-state index in [9.17, 15) is 37.8 Å². The van der Waals surface area contributed by atoms with E-state index in [4.69, 9.17) is 9.47 Å². The van der Waals surface area contributed by atoms with Crippen LogP contribution >= 0.6 is 0 Å². The minimum atomic E-state index is -4.83. The van der Waals surface area contributed by atoms with Gasteiger partial charge in [-0.05, 0) is 17.7 Å². The van der Waals surface area contributed by atoms with Crippen LogP contribution in [0, 0.1) is 11.8 Å². The van der Waals surface area contributed by atoms with Gasteiger partial charge >= 0.3 is 18.1 Å². The van der Waals surface area contributed by atoms with Crippen molar-refractivity contribution >= 4 is 23.2 Å². The van der Waals surface area contributed by atoms with E-state index in [1.54, 1.807) is 30.3 Å². The molecule has 2 N–H and O–H groups in total. The van der Waals surface area contributed by atoms with Crippen LogP contribution in [-0.4, -0.2) is 51.3 Å². The lowest BCUT2D eigenvalue weighted by atomic mass is 9.86. The van der Waals surface area contributed by atoms with Crippen molar-refractivity contribution < 1.29 is 47.2 Å². The number of ether oxygens (including phenoxy) is 2. The molecule has 1 unspecified atom stereocenters. The number of carboxylic acids is 2. The van der Waals surface area contributed by atoms with E-state index >= 15 is 0 Å². The third kappa shape index (κ3) is 5.17. The molecule has 3 aromatic rings. The number of methoxy groups -OCH3 is 1. The van der Waals surface area contributed by atoms with E-state index in [2.05, 4.69) is 5.10 Å². The number of pyridine rings is 1. The Balaban J connectivity index is 2.03. The summed E-state index contributed by atoms with van der Waals surface area (Å²) in [6.45, 7) is -0.644. The first-order valence-electron chi connectivity index (χ1n) is 9.80. The average molecular weight is 480 g/mol. The molecule has 1 atom stereocenters. The molecule has 0 saturated carbocycles. The van der Waals surface area contributed by atoms with Crippen molar-refractivity contribution in [1.29, 1.82) is 0 Å². The predicted molar refractivity (Wildman–Crippen MR) is 109 cm³/mol. The zero-order valence-corrected chi connectivity index (χ0v) is 17.7. The number of halogens is 3. The number of fused-ring (bicyclic) bond motifs is 1. The summed E-state index contributed by atoms with van der Waals surface area (Å²) in [6, 6.07) is 11.5. The Bertz CT molecular complexity index is 1190. The van der Waals surface area contributed by atoms with E-state index in [1.807, 2.05) is 0 Å². The number of Topliss-reactive ketones (excluding diaryl/α,β-unsaturated/α-hetero) is 1. The number of benzene rings is 1. The Morgan fingerprint density at radius 1 is 1.06 bits per heavy atom. The highest BCUT2D eigenvalue weighted by molar-refractivity contribution is 6.08. The summed E-state index contributed by atoms with van der Waals surface area (Å²) in [5.41, 5.74) is -1.30. The molecule has 0 aliphatic carbocycles. The number of carbonyl (C=O) groups excluding carboxylic acids is 1. The lowest BCUT2D eigenvalue weighted by Crippen LogP contribution is -2.38. The van der Waals surface area contributed by atoms with E-state index in [0.717, 1.165) is 10.6 Å². The maximum Gasteiger partial charge on any atom is 0.435 e. The van der Waals surface area contributed by atoms with Crippen LogP contribution in [0.15, 0.2) is 48.5 Å². The normalized spacial score (nSPS) is 12.6. The average Bonchev–Trinajstić information content (AvgIpc) is 3.23. The van der Waals surface area contributed by atoms with Crippen LogP contribution in [0.1, 0.15) is 21.6 Å². The summed E-state index contributed by atoms with van der Waals surface area (Å²) < 4.78 is 50.9. The quantitative estimate of drug-likeness (QED) is 0.335. The van der Waals surface area contributed by atoms with Crippen LogP contribution in [-0.2, 0) is 27.1 Å². The first-order chi connectivity index (χ1) is 16.0. The molecular weight excluding hydrogens is 461 g/mol. The van der Waals surface area contributed by atoms with Gasteiger partial charge in [-0.2, -0.15) is 22.8 Å². The summed E-state index contributed by atoms with van der Waals surface area (Å²) in [6.07, 6.45) is -4.83. The fourth-order valence-corrected chi connectivity index (χ4v) is 3.40. The lowest BCUT2D eigenvalue weighted by Gasteiger charge is -2.20. The van der Waals surface area contributed by atoms with E-state index in [1.165, 1.54) is 13.2 Å². The second kappa shape index (κ2) is 9.91. The van der Waals surface area contributed by atoms with Crippen LogP contribution in [0.4, 0.5) is 13.2 Å². The zero-order chi connectivity index (χ0) is 25.0. The Morgan fingerprint density at radius 3 is 2.26 bits per heavy atom. The molecule has 180 valence electrons. The number of hydrogen-bond donors (Lipinski definition) is 2. The first-order valence-corrected chi connectivity index (χ1v) is 9.80. The second-order valence-corrected chi connectivity index (χ2v) is 7.24. The highest BCUT2D eigenvalue weighted by atomic mass is 19.4. The van der Waals surface area contributed by atoms with Gasteiger partial charge in [0, 0.05) is 11.6 Å². The maximum absolute atomic E-state index is 13.3.